The van der Waals surface area contributed by atoms with E-state index in [1.54, 1.807) is 0 Å². The summed E-state index contributed by atoms with van der Waals surface area (Å²) in [5.74, 6) is 3.78. The number of hydrogen-bond acceptors (Lipinski definition) is 0. The van der Waals surface area contributed by atoms with Crippen molar-refractivity contribution in [3.8, 4) is 0 Å². The third-order valence-corrected chi connectivity index (χ3v) is 2.63. The molecule has 0 aromatic rings. The van der Waals surface area contributed by atoms with Crippen molar-refractivity contribution in [2.75, 3.05) is 0 Å². The zero-order chi connectivity index (χ0) is 6.85. The number of rotatable bonds is 3. The molecule has 52 valence electrons. The van der Waals surface area contributed by atoms with Crippen LogP contribution in [0, 0.1) is 17.8 Å². The molecule has 0 aromatic heterocycles. The van der Waals surface area contributed by atoms with Crippen molar-refractivity contribution >= 4 is 0 Å². The molecule has 1 aliphatic rings. The highest BCUT2D eigenvalue weighted by Gasteiger charge is 2.52. The summed E-state index contributed by atoms with van der Waals surface area (Å²) < 4.78 is 0. The van der Waals surface area contributed by atoms with E-state index in [1.165, 1.54) is 19.3 Å². The molecule has 0 heterocycles. The molecule has 1 fully saturated rings. The monoisotopic (exact) mass is 125 g/mol. The molecule has 0 spiro atoms. The van der Waals surface area contributed by atoms with E-state index in [1.807, 2.05) is 5.92 Å². The Balaban J connectivity index is 2.17. The lowest BCUT2D eigenvalue weighted by atomic mass is 10.0. The Hall–Kier alpha value is -0.130. The predicted molar refractivity (Wildman–Crippen MR) is 41.1 cm³/mol. The van der Waals surface area contributed by atoms with E-state index < -0.39 is 0 Å². The summed E-state index contributed by atoms with van der Waals surface area (Å²) >= 11 is 0. The Kier molecular flexibility index (Phi) is 2.05. The Bertz CT molecular complexity index is 86.0. The highest BCUT2D eigenvalue weighted by atomic mass is 14.4. The van der Waals surface area contributed by atoms with Crippen LogP contribution in [0.3, 0.4) is 0 Å². The van der Waals surface area contributed by atoms with Gasteiger partial charge in [-0.1, -0.05) is 13.8 Å². The zero-order valence-corrected chi connectivity index (χ0v) is 6.78. The maximum absolute atomic E-state index is 2.37. The minimum absolute atomic E-state index is 0.958. The van der Waals surface area contributed by atoms with Gasteiger partial charge in [0.25, 0.3) is 0 Å². The second-order valence-corrected chi connectivity index (χ2v) is 3.21. The first-order valence-electron chi connectivity index (χ1n) is 4.14. The van der Waals surface area contributed by atoms with E-state index >= 15 is 0 Å². The Morgan fingerprint density at radius 2 is 2.22 bits per heavy atom. The van der Waals surface area contributed by atoms with Gasteiger partial charge in [-0.25, -0.2) is 0 Å². The van der Waals surface area contributed by atoms with Gasteiger partial charge in [-0.05, 0) is 13.3 Å². The van der Waals surface area contributed by atoms with Crippen LogP contribution in [0.15, 0.2) is 0 Å². The average molecular weight is 125 g/mol. The fourth-order valence-corrected chi connectivity index (χ4v) is 1.52. The largest absolute Gasteiger partial charge is 0.143 e. The molecule has 1 aliphatic carbocycles. The molecule has 0 bridgehead atoms. The van der Waals surface area contributed by atoms with Crippen LogP contribution in [0.4, 0.5) is 0 Å². The van der Waals surface area contributed by atoms with E-state index in [9.17, 15) is 0 Å². The summed E-state index contributed by atoms with van der Waals surface area (Å²) in [7, 11) is 0. The zero-order valence-electron chi connectivity index (χ0n) is 6.78. The first-order valence-corrected chi connectivity index (χ1v) is 4.14. The van der Waals surface area contributed by atoms with E-state index in [0.29, 0.717) is 0 Å². The Morgan fingerprint density at radius 1 is 1.56 bits per heavy atom. The summed E-state index contributed by atoms with van der Waals surface area (Å²) in [6.07, 6.45) is 4.12. The molecule has 0 radical (unpaired) electrons. The smallest absolute Gasteiger partial charge is 0.0650 e. The molecule has 0 nitrogen and oxygen atoms in total. The van der Waals surface area contributed by atoms with Crippen molar-refractivity contribution in [2.24, 2.45) is 11.8 Å². The molecule has 0 aromatic carbocycles. The third-order valence-electron chi connectivity index (χ3n) is 2.63. The normalized spacial score (nSPS) is 28.3. The van der Waals surface area contributed by atoms with E-state index in [2.05, 4.69) is 20.8 Å². The SMILES string of the molecule is CC[C+]1CC1C(C)CC. The summed E-state index contributed by atoms with van der Waals surface area (Å²) in [5, 5.41) is 0. The van der Waals surface area contributed by atoms with Crippen LogP contribution in [0.2, 0.25) is 0 Å². The van der Waals surface area contributed by atoms with Gasteiger partial charge in [0.15, 0.2) is 0 Å². The van der Waals surface area contributed by atoms with Crippen LogP contribution in [0.1, 0.15) is 40.0 Å². The Morgan fingerprint density at radius 3 is 2.56 bits per heavy atom. The van der Waals surface area contributed by atoms with Gasteiger partial charge < -0.3 is 0 Å². The van der Waals surface area contributed by atoms with Gasteiger partial charge in [-0.3, -0.25) is 0 Å². The van der Waals surface area contributed by atoms with Gasteiger partial charge in [-0.2, -0.15) is 0 Å². The van der Waals surface area contributed by atoms with Crippen LogP contribution in [-0.2, 0) is 0 Å². The highest BCUT2D eigenvalue weighted by Crippen LogP contribution is 2.49. The molecule has 2 atom stereocenters. The van der Waals surface area contributed by atoms with Crippen molar-refractivity contribution in [3.63, 3.8) is 0 Å². The first-order chi connectivity index (χ1) is 4.29. The lowest BCUT2D eigenvalue weighted by Gasteiger charge is -1.97. The van der Waals surface area contributed by atoms with E-state index in [-0.39, 0.29) is 0 Å². The second kappa shape index (κ2) is 2.64. The highest BCUT2D eigenvalue weighted by molar-refractivity contribution is 5.14. The van der Waals surface area contributed by atoms with Crippen molar-refractivity contribution < 1.29 is 0 Å². The van der Waals surface area contributed by atoms with E-state index in [4.69, 9.17) is 0 Å². The molecule has 0 heteroatoms. The third kappa shape index (κ3) is 1.41. The van der Waals surface area contributed by atoms with Gasteiger partial charge in [-0.15, -0.1) is 0 Å². The fourth-order valence-electron chi connectivity index (χ4n) is 1.52. The van der Waals surface area contributed by atoms with Crippen molar-refractivity contribution in [1.29, 1.82) is 0 Å². The van der Waals surface area contributed by atoms with Crippen LogP contribution in [0.5, 0.6) is 0 Å². The lowest BCUT2D eigenvalue weighted by molar-refractivity contribution is 0.495. The van der Waals surface area contributed by atoms with Crippen LogP contribution < -0.4 is 0 Å². The van der Waals surface area contributed by atoms with Crippen LogP contribution in [0.25, 0.3) is 0 Å². The van der Waals surface area contributed by atoms with Gasteiger partial charge in [0.05, 0.1) is 6.42 Å². The number of hydrogen-bond donors (Lipinski definition) is 0. The van der Waals surface area contributed by atoms with Gasteiger partial charge in [0.2, 0.25) is 0 Å². The first kappa shape index (κ1) is 6.98. The fraction of sp³-hybridized carbons (Fsp3) is 0.889. The molecule has 9 heavy (non-hydrogen) atoms. The van der Waals surface area contributed by atoms with Crippen molar-refractivity contribution in [1.82, 2.24) is 0 Å². The summed E-state index contributed by atoms with van der Waals surface area (Å²) in [6.45, 7) is 6.93. The van der Waals surface area contributed by atoms with Gasteiger partial charge in [0, 0.05) is 5.92 Å². The minimum atomic E-state index is 0.958. The van der Waals surface area contributed by atoms with Gasteiger partial charge in [0.1, 0.15) is 18.3 Å². The van der Waals surface area contributed by atoms with Gasteiger partial charge >= 0.3 is 0 Å². The molecule has 0 amide bonds. The summed E-state index contributed by atoms with van der Waals surface area (Å²) in [6, 6.07) is 0. The molecule has 1 rings (SSSR count). The minimum Gasteiger partial charge on any atom is -0.0650 e. The molecule has 2 unspecified atom stereocenters. The molecule has 0 aliphatic heterocycles. The van der Waals surface area contributed by atoms with Crippen molar-refractivity contribution in [3.05, 3.63) is 5.92 Å². The molecule has 0 N–H and O–H groups in total. The van der Waals surface area contributed by atoms with Crippen molar-refractivity contribution in [2.45, 2.75) is 40.0 Å². The predicted octanol–water partition coefficient (Wildman–Crippen LogP) is 3.04. The Labute approximate surface area is 58.7 Å². The molecule has 1 saturated carbocycles. The summed E-state index contributed by atoms with van der Waals surface area (Å²) in [5.41, 5.74) is 0. The topological polar surface area (TPSA) is 0 Å². The van der Waals surface area contributed by atoms with Crippen LogP contribution in [-0.4, -0.2) is 0 Å². The van der Waals surface area contributed by atoms with Crippen LogP contribution >= 0.6 is 0 Å². The maximum Gasteiger partial charge on any atom is 0.143 e. The lowest BCUT2D eigenvalue weighted by Crippen LogP contribution is -1.95. The maximum atomic E-state index is 2.37. The second-order valence-electron chi connectivity index (χ2n) is 3.21. The average Bonchev–Trinajstić information content (AvgIpc) is 2.64. The standard InChI is InChI=1S/C9H17/c1-4-7(3)9-6-8(9)5-2/h7,9H,4-6H2,1-3H3/q+1. The summed E-state index contributed by atoms with van der Waals surface area (Å²) in [4.78, 5) is 0. The molecular weight excluding hydrogens is 108 g/mol. The molecule has 0 saturated heterocycles. The quantitative estimate of drug-likeness (QED) is 0.508. The van der Waals surface area contributed by atoms with E-state index in [0.717, 1.165) is 11.8 Å². The molecular formula is C9H17+.